The van der Waals surface area contributed by atoms with Gasteiger partial charge in [-0.05, 0) is 55.9 Å². The third kappa shape index (κ3) is 3.93. The fraction of sp³-hybridized carbons (Fsp3) is 0.333. The largest absolute Gasteiger partial charge is 0.351 e. The average molecular weight is 347 g/mol. The number of carbonyl (C=O) groups is 1. The minimum atomic E-state index is -1.13. The average Bonchev–Trinajstić information content (AvgIpc) is 3.40. The summed E-state index contributed by atoms with van der Waals surface area (Å²) in [7, 11) is 0. The highest BCUT2D eigenvalue weighted by molar-refractivity contribution is 6.00. The smallest absolute Gasteiger partial charge is 0.277 e. The van der Waals surface area contributed by atoms with Crippen LogP contribution in [0.15, 0.2) is 24.5 Å². The van der Waals surface area contributed by atoms with Gasteiger partial charge in [0.05, 0.1) is 29.7 Å². The zero-order valence-corrected chi connectivity index (χ0v) is 14.0. The van der Waals surface area contributed by atoms with Gasteiger partial charge < -0.3 is 5.32 Å². The van der Waals surface area contributed by atoms with Crippen molar-refractivity contribution in [2.45, 2.75) is 26.7 Å². The normalized spacial score (nSPS) is 13.6. The summed E-state index contributed by atoms with van der Waals surface area (Å²) in [5.74, 6) is -2.35. The van der Waals surface area contributed by atoms with Crippen molar-refractivity contribution in [3.8, 4) is 0 Å². The Kier molecular flexibility index (Phi) is 4.94. The number of hydrogen-bond acceptors (Lipinski definition) is 4. The maximum Gasteiger partial charge on any atom is 0.277 e. The number of nitrogens with zero attached hydrogens (tertiary/aromatic N) is 1. The molecule has 1 aliphatic rings. The summed E-state index contributed by atoms with van der Waals surface area (Å²) in [6, 6.07) is 2.13. The molecule has 0 unspecified atom stereocenters. The number of rotatable bonds is 6. The number of aromatic nitrogens is 1. The Morgan fingerprint density at radius 1 is 1.28 bits per heavy atom. The van der Waals surface area contributed by atoms with E-state index in [-0.39, 0.29) is 11.3 Å². The minimum absolute atomic E-state index is 0.0457. The van der Waals surface area contributed by atoms with E-state index in [0.717, 1.165) is 30.0 Å². The van der Waals surface area contributed by atoms with Gasteiger partial charge >= 0.3 is 0 Å². The number of pyridine rings is 1. The number of benzene rings is 1. The van der Waals surface area contributed by atoms with E-state index in [2.05, 4.69) is 15.8 Å². The third-order valence-corrected chi connectivity index (χ3v) is 4.25. The van der Waals surface area contributed by atoms with Crippen LogP contribution in [-0.2, 0) is 4.84 Å². The van der Waals surface area contributed by atoms with Gasteiger partial charge in [0.1, 0.15) is 0 Å². The number of halogens is 2. The van der Waals surface area contributed by atoms with E-state index in [9.17, 15) is 13.6 Å². The standard InChI is InChI=1S/C18H19F2N3O2/c1-10-7-21-8-15(11(10)2)22-17-13(5-6-14(19)16(17)20)18(24)23-25-9-12-3-4-12/h5-8,12,22H,3-4,9H2,1-2H3,(H,23,24). The van der Waals surface area contributed by atoms with E-state index in [1.165, 1.54) is 12.3 Å². The van der Waals surface area contributed by atoms with Crippen molar-refractivity contribution in [3.05, 3.63) is 52.9 Å². The van der Waals surface area contributed by atoms with E-state index in [4.69, 9.17) is 4.84 Å². The molecule has 1 saturated carbocycles. The molecular formula is C18H19F2N3O2. The zero-order chi connectivity index (χ0) is 18.0. The second-order valence-electron chi connectivity index (χ2n) is 6.22. The number of nitrogens with one attached hydrogen (secondary N) is 2. The van der Waals surface area contributed by atoms with Gasteiger partial charge in [0.2, 0.25) is 0 Å². The molecule has 5 nitrogen and oxygen atoms in total. The number of hydroxylamine groups is 1. The quantitative estimate of drug-likeness (QED) is 0.781. The first-order valence-corrected chi connectivity index (χ1v) is 8.05. The first kappa shape index (κ1) is 17.3. The van der Waals surface area contributed by atoms with Gasteiger partial charge in [-0.3, -0.25) is 14.6 Å². The van der Waals surface area contributed by atoms with E-state index < -0.39 is 17.5 Å². The van der Waals surface area contributed by atoms with Gasteiger partial charge in [0.25, 0.3) is 5.91 Å². The van der Waals surface area contributed by atoms with Crippen molar-refractivity contribution < 1.29 is 18.4 Å². The highest BCUT2D eigenvalue weighted by Crippen LogP contribution is 2.30. The lowest BCUT2D eigenvalue weighted by molar-refractivity contribution is 0.0270. The maximum atomic E-state index is 14.3. The van der Waals surface area contributed by atoms with Gasteiger partial charge in [-0.15, -0.1) is 0 Å². The summed E-state index contributed by atoms with van der Waals surface area (Å²) >= 11 is 0. The monoisotopic (exact) mass is 347 g/mol. The first-order chi connectivity index (χ1) is 12.0. The van der Waals surface area contributed by atoms with Crippen LogP contribution in [0.5, 0.6) is 0 Å². The van der Waals surface area contributed by atoms with Gasteiger partial charge in [0.15, 0.2) is 11.6 Å². The van der Waals surface area contributed by atoms with Crippen molar-refractivity contribution in [1.29, 1.82) is 0 Å². The second kappa shape index (κ2) is 7.14. The molecule has 132 valence electrons. The summed E-state index contributed by atoms with van der Waals surface area (Å²) in [5.41, 5.74) is 4.21. The summed E-state index contributed by atoms with van der Waals surface area (Å²) < 4.78 is 28.0. The zero-order valence-electron chi connectivity index (χ0n) is 14.0. The van der Waals surface area contributed by atoms with Crippen LogP contribution in [0.4, 0.5) is 20.2 Å². The summed E-state index contributed by atoms with van der Waals surface area (Å²) in [6.07, 6.45) is 5.32. The topological polar surface area (TPSA) is 63.2 Å². The predicted octanol–water partition coefficient (Wildman–Crippen LogP) is 3.79. The molecule has 2 aromatic rings. The number of carbonyl (C=O) groups excluding carboxylic acids is 1. The molecule has 0 spiro atoms. The Bertz CT molecular complexity index is 807. The number of aryl methyl sites for hydroxylation is 1. The molecule has 2 N–H and O–H groups in total. The van der Waals surface area contributed by atoms with E-state index in [0.29, 0.717) is 18.2 Å². The Morgan fingerprint density at radius 2 is 2.04 bits per heavy atom. The number of anilines is 2. The van der Waals surface area contributed by atoms with Gasteiger partial charge in [0, 0.05) is 6.20 Å². The highest BCUT2D eigenvalue weighted by atomic mass is 19.2. The number of hydrogen-bond donors (Lipinski definition) is 2. The van der Waals surface area contributed by atoms with Crippen molar-refractivity contribution in [3.63, 3.8) is 0 Å². The molecule has 1 heterocycles. The van der Waals surface area contributed by atoms with Crippen molar-refractivity contribution >= 4 is 17.3 Å². The molecule has 25 heavy (non-hydrogen) atoms. The molecule has 1 aromatic heterocycles. The van der Waals surface area contributed by atoms with Gasteiger partial charge in [-0.2, -0.15) is 0 Å². The molecular weight excluding hydrogens is 328 g/mol. The van der Waals surface area contributed by atoms with Crippen LogP contribution in [0, 0.1) is 31.4 Å². The van der Waals surface area contributed by atoms with Crippen LogP contribution in [-0.4, -0.2) is 17.5 Å². The van der Waals surface area contributed by atoms with E-state index >= 15 is 0 Å². The molecule has 3 rings (SSSR count). The summed E-state index contributed by atoms with van der Waals surface area (Å²) in [4.78, 5) is 21.5. The molecule has 1 aliphatic carbocycles. The molecule has 0 radical (unpaired) electrons. The third-order valence-electron chi connectivity index (χ3n) is 4.25. The molecule has 1 aromatic carbocycles. The lowest BCUT2D eigenvalue weighted by Gasteiger charge is -2.15. The van der Waals surface area contributed by atoms with E-state index in [1.54, 1.807) is 6.20 Å². The second-order valence-corrected chi connectivity index (χ2v) is 6.22. The molecule has 7 heteroatoms. The van der Waals surface area contributed by atoms with Crippen LogP contribution in [0.25, 0.3) is 0 Å². The summed E-state index contributed by atoms with van der Waals surface area (Å²) in [6.45, 7) is 4.10. The molecule has 1 amide bonds. The minimum Gasteiger partial charge on any atom is -0.351 e. The highest BCUT2D eigenvalue weighted by Gasteiger charge is 2.23. The van der Waals surface area contributed by atoms with Crippen molar-refractivity contribution in [1.82, 2.24) is 10.5 Å². The Balaban J connectivity index is 1.86. The predicted molar refractivity (Wildman–Crippen MR) is 89.5 cm³/mol. The van der Waals surface area contributed by atoms with Crippen LogP contribution in [0.1, 0.15) is 34.3 Å². The fourth-order valence-electron chi connectivity index (χ4n) is 2.32. The van der Waals surface area contributed by atoms with Gasteiger partial charge in [-0.25, -0.2) is 14.3 Å². The van der Waals surface area contributed by atoms with Crippen molar-refractivity contribution in [2.75, 3.05) is 11.9 Å². The van der Waals surface area contributed by atoms with E-state index in [1.807, 2.05) is 13.8 Å². The Labute approximate surface area is 144 Å². The number of amides is 1. The lowest BCUT2D eigenvalue weighted by atomic mass is 10.1. The van der Waals surface area contributed by atoms with Crippen LogP contribution in [0.2, 0.25) is 0 Å². The van der Waals surface area contributed by atoms with Crippen LogP contribution < -0.4 is 10.8 Å². The van der Waals surface area contributed by atoms with Crippen LogP contribution >= 0.6 is 0 Å². The van der Waals surface area contributed by atoms with Gasteiger partial charge in [-0.1, -0.05) is 0 Å². The Morgan fingerprint density at radius 3 is 2.76 bits per heavy atom. The maximum absolute atomic E-state index is 14.3. The summed E-state index contributed by atoms with van der Waals surface area (Å²) in [5, 5.41) is 2.79. The SMILES string of the molecule is Cc1cncc(Nc2c(C(=O)NOCC3CC3)ccc(F)c2F)c1C. The Hall–Kier alpha value is -2.54. The molecule has 0 bridgehead atoms. The molecule has 0 aliphatic heterocycles. The fourth-order valence-corrected chi connectivity index (χ4v) is 2.32. The molecule has 0 atom stereocenters. The first-order valence-electron chi connectivity index (χ1n) is 8.05. The molecule has 1 fully saturated rings. The molecule has 0 saturated heterocycles. The lowest BCUT2D eigenvalue weighted by Crippen LogP contribution is -2.26. The van der Waals surface area contributed by atoms with Crippen LogP contribution in [0.3, 0.4) is 0 Å². The van der Waals surface area contributed by atoms with Crippen molar-refractivity contribution in [2.24, 2.45) is 5.92 Å².